The molecule has 18 heavy (non-hydrogen) atoms. The number of carbonyl (C=O) groups excluding carboxylic acids is 1. The van der Waals surface area contributed by atoms with Gasteiger partial charge in [-0.05, 0) is 28.1 Å². The highest BCUT2D eigenvalue weighted by Gasteiger charge is 2.17. The Bertz CT molecular complexity index is 794. The largest absolute Gasteiger partial charge is 0.366 e. The van der Waals surface area contributed by atoms with Gasteiger partial charge in [0.2, 0.25) is 0 Å². The summed E-state index contributed by atoms with van der Waals surface area (Å²) in [5.74, 6) is -1.15. The molecule has 1 aromatic heterocycles. The Kier molecular flexibility index (Phi) is 2.38. The van der Waals surface area contributed by atoms with Crippen molar-refractivity contribution in [3.8, 4) is 0 Å². The fourth-order valence-corrected chi connectivity index (χ4v) is 2.67. The number of H-pyrrole nitrogens is 1. The highest BCUT2D eigenvalue weighted by Crippen LogP contribution is 2.35. The van der Waals surface area contributed by atoms with Gasteiger partial charge in [-0.15, -0.1) is 0 Å². The Balaban J connectivity index is 2.61. The van der Waals surface area contributed by atoms with Crippen molar-refractivity contribution in [1.29, 1.82) is 0 Å². The van der Waals surface area contributed by atoms with Crippen molar-refractivity contribution in [3.05, 3.63) is 46.2 Å². The predicted molar refractivity (Wildman–Crippen MR) is 72.0 cm³/mol. The molecule has 0 radical (unpaired) electrons. The molecule has 3 N–H and O–H groups in total. The van der Waals surface area contributed by atoms with Crippen molar-refractivity contribution in [1.82, 2.24) is 4.98 Å². The standard InChI is InChI=1S/C13H8BrFN2O/c14-11-8(15)5-7(13(16)18)12-10(11)6-3-1-2-4-9(6)17-12/h1-5,17H,(H2,16,18). The van der Waals surface area contributed by atoms with E-state index in [4.69, 9.17) is 5.73 Å². The minimum absolute atomic E-state index is 0.155. The van der Waals surface area contributed by atoms with Gasteiger partial charge < -0.3 is 10.7 Å². The summed E-state index contributed by atoms with van der Waals surface area (Å²) in [4.78, 5) is 14.5. The number of carbonyl (C=O) groups is 1. The number of primary amides is 1. The minimum Gasteiger partial charge on any atom is -0.366 e. The average molecular weight is 307 g/mol. The van der Waals surface area contributed by atoms with Gasteiger partial charge in [0.1, 0.15) is 5.82 Å². The third kappa shape index (κ3) is 1.44. The van der Waals surface area contributed by atoms with Crippen LogP contribution in [-0.4, -0.2) is 10.9 Å². The van der Waals surface area contributed by atoms with Crippen LogP contribution in [0.1, 0.15) is 10.4 Å². The monoisotopic (exact) mass is 306 g/mol. The highest BCUT2D eigenvalue weighted by molar-refractivity contribution is 9.10. The smallest absolute Gasteiger partial charge is 0.250 e. The molecule has 0 spiro atoms. The van der Waals surface area contributed by atoms with Crippen LogP contribution in [0.5, 0.6) is 0 Å². The number of nitrogens with one attached hydrogen (secondary N) is 1. The van der Waals surface area contributed by atoms with Crippen molar-refractivity contribution in [2.45, 2.75) is 0 Å². The molecule has 3 rings (SSSR count). The highest BCUT2D eigenvalue weighted by atomic mass is 79.9. The molecule has 0 aliphatic carbocycles. The molecule has 1 amide bonds. The number of rotatable bonds is 1. The van der Waals surface area contributed by atoms with Crippen LogP contribution in [0, 0.1) is 5.82 Å². The number of hydrogen-bond acceptors (Lipinski definition) is 1. The fraction of sp³-hybridized carbons (Fsp3) is 0. The van der Waals surface area contributed by atoms with Crippen molar-refractivity contribution >= 4 is 43.6 Å². The van der Waals surface area contributed by atoms with Gasteiger partial charge in [-0.25, -0.2) is 4.39 Å². The molecule has 0 unspecified atom stereocenters. The summed E-state index contributed by atoms with van der Waals surface area (Å²) in [5, 5.41) is 1.49. The van der Waals surface area contributed by atoms with Gasteiger partial charge in [0.25, 0.3) is 5.91 Å². The van der Waals surface area contributed by atoms with Crippen molar-refractivity contribution < 1.29 is 9.18 Å². The zero-order valence-corrected chi connectivity index (χ0v) is 10.7. The minimum atomic E-state index is -0.655. The first-order valence-electron chi connectivity index (χ1n) is 5.28. The normalized spacial score (nSPS) is 11.2. The maximum Gasteiger partial charge on any atom is 0.250 e. The average Bonchev–Trinajstić information content (AvgIpc) is 2.72. The lowest BCUT2D eigenvalue weighted by atomic mass is 10.1. The Hall–Kier alpha value is -1.88. The van der Waals surface area contributed by atoms with Crippen LogP contribution in [0.2, 0.25) is 0 Å². The van der Waals surface area contributed by atoms with Crippen LogP contribution < -0.4 is 5.73 Å². The molecule has 0 fully saturated rings. The second-order valence-corrected chi connectivity index (χ2v) is 4.80. The van der Waals surface area contributed by atoms with Crippen LogP contribution in [0.25, 0.3) is 21.8 Å². The van der Waals surface area contributed by atoms with E-state index >= 15 is 0 Å². The van der Waals surface area contributed by atoms with Gasteiger partial charge >= 0.3 is 0 Å². The van der Waals surface area contributed by atoms with Gasteiger partial charge in [0.15, 0.2) is 0 Å². The first-order valence-corrected chi connectivity index (χ1v) is 6.07. The summed E-state index contributed by atoms with van der Waals surface area (Å²) in [5.41, 5.74) is 6.82. The molecule has 0 saturated heterocycles. The number of halogens is 2. The molecule has 1 heterocycles. The molecule has 3 nitrogen and oxygen atoms in total. The van der Waals surface area contributed by atoms with E-state index in [0.29, 0.717) is 15.4 Å². The molecule has 0 aliphatic rings. The Morgan fingerprint density at radius 1 is 1.33 bits per heavy atom. The van der Waals surface area contributed by atoms with Gasteiger partial charge in [0, 0.05) is 16.3 Å². The number of aromatic amines is 1. The Morgan fingerprint density at radius 2 is 2.06 bits per heavy atom. The van der Waals surface area contributed by atoms with E-state index in [0.717, 1.165) is 17.0 Å². The van der Waals surface area contributed by atoms with Gasteiger partial charge in [-0.1, -0.05) is 18.2 Å². The molecule has 3 aromatic rings. The second kappa shape index (κ2) is 3.81. The van der Waals surface area contributed by atoms with E-state index in [-0.39, 0.29) is 5.56 Å². The molecule has 0 atom stereocenters. The van der Waals surface area contributed by atoms with E-state index in [9.17, 15) is 9.18 Å². The van der Waals surface area contributed by atoms with Crippen molar-refractivity contribution in [2.24, 2.45) is 5.73 Å². The van der Waals surface area contributed by atoms with Crippen molar-refractivity contribution in [2.75, 3.05) is 0 Å². The number of nitrogens with two attached hydrogens (primary N) is 1. The number of aromatic nitrogens is 1. The molecular formula is C13H8BrFN2O. The third-order valence-electron chi connectivity index (χ3n) is 2.94. The lowest BCUT2D eigenvalue weighted by Crippen LogP contribution is -2.12. The Labute approximate surface area is 110 Å². The first-order chi connectivity index (χ1) is 8.59. The second-order valence-electron chi connectivity index (χ2n) is 4.00. The zero-order chi connectivity index (χ0) is 12.9. The fourth-order valence-electron chi connectivity index (χ4n) is 2.15. The van der Waals surface area contributed by atoms with Crippen LogP contribution in [0.15, 0.2) is 34.8 Å². The summed E-state index contributed by atoms with van der Waals surface area (Å²) in [6, 6.07) is 8.60. The summed E-state index contributed by atoms with van der Waals surface area (Å²) in [7, 11) is 0. The van der Waals surface area contributed by atoms with Crippen LogP contribution in [0.4, 0.5) is 4.39 Å². The van der Waals surface area contributed by atoms with E-state index < -0.39 is 11.7 Å². The van der Waals surface area contributed by atoms with E-state index in [2.05, 4.69) is 20.9 Å². The van der Waals surface area contributed by atoms with Gasteiger partial charge in [-0.2, -0.15) is 0 Å². The quantitative estimate of drug-likeness (QED) is 0.712. The molecule has 0 bridgehead atoms. The molecule has 0 aliphatic heterocycles. The topological polar surface area (TPSA) is 58.9 Å². The van der Waals surface area contributed by atoms with Crippen LogP contribution >= 0.6 is 15.9 Å². The summed E-state index contributed by atoms with van der Waals surface area (Å²) < 4.78 is 14.1. The predicted octanol–water partition coefficient (Wildman–Crippen LogP) is 3.32. The SMILES string of the molecule is NC(=O)c1cc(F)c(Br)c2c1[nH]c1ccccc12. The van der Waals surface area contributed by atoms with Crippen LogP contribution in [-0.2, 0) is 0 Å². The van der Waals surface area contributed by atoms with Gasteiger partial charge in [-0.3, -0.25) is 4.79 Å². The molecular weight excluding hydrogens is 299 g/mol. The first kappa shape index (κ1) is 11.2. The van der Waals surface area contributed by atoms with Crippen LogP contribution in [0.3, 0.4) is 0 Å². The van der Waals surface area contributed by atoms with Crippen molar-refractivity contribution in [3.63, 3.8) is 0 Å². The molecule has 2 aromatic carbocycles. The summed E-state index contributed by atoms with van der Waals surface area (Å²) in [6.07, 6.45) is 0. The molecule has 90 valence electrons. The Morgan fingerprint density at radius 3 is 2.78 bits per heavy atom. The number of benzene rings is 2. The van der Waals surface area contributed by atoms with E-state index in [1.54, 1.807) is 0 Å². The number of para-hydroxylation sites is 1. The number of amides is 1. The number of hydrogen-bond donors (Lipinski definition) is 2. The molecule has 5 heteroatoms. The summed E-state index contributed by atoms with van der Waals surface area (Å²) in [6.45, 7) is 0. The third-order valence-corrected chi connectivity index (χ3v) is 3.72. The number of fused-ring (bicyclic) bond motifs is 3. The molecule has 0 saturated carbocycles. The maximum absolute atomic E-state index is 13.8. The lowest BCUT2D eigenvalue weighted by molar-refractivity contribution is 0.100. The maximum atomic E-state index is 13.8. The van der Waals surface area contributed by atoms with E-state index in [1.165, 1.54) is 0 Å². The zero-order valence-electron chi connectivity index (χ0n) is 9.13. The lowest BCUT2D eigenvalue weighted by Gasteiger charge is -2.02. The van der Waals surface area contributed by atoms with Gasteiger partial charge in [0.05, 0.1) is 15.6 Å². The van der Waals surface area contributed by atoms with E-state index in [1.807, 2.05) is 24.3 Å². The summed E-state index contributed by atoms with van der Waals surface area (Å²) >= 11 is 3.22.